The lowest BCUT2D eigenvalue weighted by molar-refractivity contribution is -0.133. The van der Waals surface area contributed by atoms with Crippen molar-refractivity contribution in [3.63, 3.8) is 0 Å². The number of hydrogen-bond acceptors (Lipinski definition) is 4. The summed E-state index contributed by atoms with van der Waals surface area (Å²) in [5.74, 6) is 0.00177. The maximum atomic E-state index is 12.5. The van der Waals surface area contributed by atoms with Gasteiger partial charge in [0, 0.05) is 51.5 Å². The zero-order chi connectivity index (χ0) is 16.9. The first-order valence-electron chi connectivity index (χ1n) is 8.41. The number of rotatable bonds is 5. The number of hydrogen-bond donors (Lipinski definition) is 1. The van der Waals surface area contributed by atoms with Crippen LogP contribution in [0.2, 0.25) is 0 Å². The molecule has 130 valence electrons. The minimum Gasteiger partial charge on any atom is -0.395 e. The third kappa shape index (κ3) is 3.68. The van der Waals surface area contributed by atoms with E-state index in [-0.39, 0.29) is 25.1 Å². The smallest absolute Gasteiger partial charge is 0.325 e. The zero-order valence-electron chi connectivity index (χ0n) is 13.8. The predicted octanol–water partition coefficient (Wildman–Crippen LogP) is 0.0651. The molecule has 0 radical (unpaired) electrons. The van der Waals surface area contributed by atoms with Gasteiger partial charge in [-0.15, -0.1) is 0 Å². The van der Waals surface area contributed by atoms with Gasteiger partial charge in [-0.3, -0.25) is 14.6 Å². The Morgan fingerprint density at radius 1 is 1.00 bits per heavy atom. The standard InChI is InChI=1S/C17H24N4O3/c22-13-12-18-6-8-19(9-7-18)16(23)14-20-10-11-21(17(20)24)15-4-2-1-3-5-15/h1-5,22H,6-14H2. The fourth-order valence-electron chi connectivity index (χ4n) is 3.20. The molecule has 2 aliphatic rings. The third-order valence-electron chi connectivity index (χ3n) is 4.63. The number of β-amino-alcohol motifs (C(OH)–C–C–N with tert-alkyl or cyclic N) is 1. The van der Waals surface area contributed by atoms with Gasteiger partial charge < -0.3 is 14.9 Å². The minimum absolute atomic E-state index is 0.00177. The van der Waals surface area contributed by atoms with Crippen molar-refractivity contribution in [2.75, 3.05) is 63.9 Å². The average molecular weight is 332 g/mol. The van der Waals surface area contributed by atoms with Crippen molar-refractivity contribution < 1.29 is 14.7 Å². The van der Waals surface area contributed by atoms with Crippen LogP contribution >= 0.6 is 0 Å². The van der Waals surface area contributed by atoms with E-state index in [1.165, 1.54) is 0 Å². The second-order valence-electron chi connectivity index (χ2n) is 6.14. The number of piperazine rings is 1. The summed E-state index contributed by atoms with van der Waals surface area (Å²) in [5.41, 5.74) is 0.870. The molecule has 2 aliphatic heterocycles. The summed E-state index contributed by atoms with van der Waals surface area (Å²) in [7, 11) is 0. The Balaban J connectivity index is 1.52. The van der Waals surface area contributed by atoms with Crippen molar-refractivity contribution >= 4 is 17.6 Å². The molecule has 0 aromatic heterocycles. The number of anilines is 1. The SMILES string of the molecule is O=C(CN1CCN(c2ccccc2)C1=O)N1CCN(CCO)CC1. The van der Waals surface area contributed by atoms with E-state index in [0.717, 1.165) is 18.8 Å². The fourth-order valence-corrected chi connectivity index (χ4v) is 3.20. The number of amides is 3. The van der Waals surface area contributed by atoms with Crippen LogP contribution in [-0.4, -0.2) is 90.7 Å². The van der Waals surface area contributed by atoms with Gasteiger partial charge in [-0.25, -0.2) is 4.79 Å². The molecule has 2 fully saturated rings. The Labute approximate surface area is 142 Å². The maximum absolute atomic E-state index is 12.5. The van der Waals surface area contributed by atoms with Gasteiger partial charge >= 0.3 is 6.03 Å². The second-order valence-corrected chi connectivity index (χ2v) is 6.14. The summed E-state index contributed by atoms with van der Waals surface area (Å²) in [4.78, 5) is 32.2. The Bertz CT molecular complexity index is 572. The summed E-state index contributed by atoms with van der Waals surface area (Å²) in [6.45, 7) is 4.98. The molecule has 1 aromatic carbocycles. The molecule has 1 aromatic rings. The fraction of sp³-hybridized carbons (Fsp3) is 0.529. The van der Waals surface area contributed by atoms with Gasteiger partial charge in [-0.1, -0.05) is 18.2 Å². The molecular weight excluding hydrogens is 308 g/mol. The molecule has 0 bridgehead atoms. The highest BCUT2D eigenvalue weighted by Crippen LogP contribution is 2.19. The number of aliphatic hydroxyl groups is 1. The largest absolute Gasteiger partial charge is 0.395 e. The molecule has 0 atom stereocenters. The second kappa shape index (κ2) is 7.63. The van der Waals surface area contributed by atoms with Crippen LogP contribution in [0.3, 0.4) is 0 Å². The molecule has 0 unspecified atom stereocenters. The number of carbonyl (C=O) groups excluding carboxylic acids is 2. The van der Waals surface area contributed by atoms with Crippen LogP contribution < -0.4 is 4.90 Å². The van der Waals surface area contributed by atoms with E-state index in [1.807, 2.05) is 35.2 Å². The van der Waals surface area contributed by atoms with E-state index >= 15 is 0 Å². The lowest BCUT2D eigenvalue weighted by atomic mass is 10.3. The monoisotopic (exact) mass is 332 g/mol. The van der Waals surface area contributed by atoms with Crippen molar-refractivity contribution in [2.24, 2.45) is 0 Å². The zero-order valence-corrected chi connectivity index (χ0v) is 13.8. The average Bonchev–Trinajstić information content (AvgIpc) is 2.97. The Morgan fingerprint density at radius 2 is 1.71 bits per heavy atom. The van der Waals surface area contributed by atoms with E-state index < -0.39 is 0 Å². The Kier molecular flexibility index (Phi) is 5.32. The van der Waals surface area contributed by atoms with Gasteiger partial charge in [-0.05, 0) is 12.1 Å². The molecule has 7 nitrogen and oxygen atoms in total. The molecule has 0 aliphatic carbocycles. The summed E-state index contributed by atoms with van der Waals surface area (Å²) in [6, 6.07) is 9.44. The summed E-state index contributed by atoms with van der Waals surface area (Å²) in [5, 5.41) is 8.96. The molecule has 0 spiro atoms. The van der Waals surface area contributed by atoms with Crippen LogP contribution in [0.25, 0.3) is 0 Å². The van der Waals surface area contributed by atoms with E-state index in [2.05, 4.69) is 4.90 Å². The van der Waals surface area contributed by atoms with Crippen molar-refractivity contribution in [3.8, 4) is 0 Å². The molecule has 2 saturated heterocycles. The lowest BCUT2D eigenvalue weighted by Gasteiger charge is -2.35. The molecule has 3 amide bonds. The van der Waals surface area contributed by atoms with Gasteiger partial charge in [0.25, 0.3) is 0 Å². The highest BCUT2D eigenvalue weighted by Gasteiger charge is 2.32. The van der Waals surface area contributed by atoms with E-state index in [4.69, 9.17) is 5.11 Å². The predicted molar refractivity (Wildman–Crippen MR) is 90.9 cm³/mol. The van der Waals surface area contributed by atoms with Gasteiger partial charge in [0.2, 0.25) is 5.91 Å². The number of para-hydroxylation sites is 1. The Hall–Kier alpha value is -2.12. The number of carbonyl (C=O) groups is 2. The lowest BCUT2D eigenvalue weighted by Crippen LogP contribution is -2.52. The molecule has 2 heterocycles. The van der Waals surface area contributed by atoms with Gasteiger partial charge in [0.05, 0.1) is 6.61 Å². The highest BCUT2D eigenvalue weighted by atomic mass is 16.3. The van der Waals surface area contributed by atoms with E-state index in [9.17, 15) is 9.59 Å². The molecule has 24 heavy (non-hydrogen) atoms. The molecule has 7 heteroatoms. The number of aliphatic hydroxyl groups excluding tert-OH is 1. The number of urea groups is 1. The number of benzene rings is 1. The van der Waals surface area contributed by atoms with Crippen LogP contribution in [0.15, 0.2) is 30.3 Å². The topological polar surface area (TPSA) is 67.3 Å². The summed E-state index contributed by atoms with van der Waals surface area (Å²) >= 11 is 0. The normalized spacial score (nSPS) is 19.2. The summed E-state index contributed by atoms with van der Waals surface area (Å²) < 4.78 is 0. The van der Waals surface area contributed by atoms with Crippen LogP contribution in [0.5, 0.6) is 0 Å². The number of nitrogens with zero attached hydrogens (tertiary/aromatic N) is 4. The first kappa shape index (κ1) is 16.7. The molecule has 3 rings (SSSR count). The van der Waals surface area contributed by atoms with Crippen LogP contribution in [-0.2, 0) is 4.79 Å². The van der Waals surface area contributed by atoms with Crippen molar-refractivity contribution in [3.05, 3.63) is 30.3 Å². The maximum Gasteiger partial charge on any atom is 0.325 e. The molecule has 1 N–H and O–H groups in total. The quantitative estimate of drug-likeness (QED) is 0.828. The summed E-state index contributed by atoms with van der Waals surface area (Å²) in [6.07, 6.45) is 0. The van der Waals surface area contributed by atoms with Gasteiger partial charge in [0.1, 0.15) is 6.54 Å². The first-order chi connectivity index (χ1) is 11.7. The van der Waals surface area contributed by atoms with Crippen molar-refractivity contribution in [2.45, 2.75) is 0 Å². The minimum atomic E-state index is -0.103. The van der Waals surface area contributed by atoms with Crippen molar-refractivity contribution in [1.29, 1.82) is 0 Å². The van der Waals surface area contributed by atoms with E-state index in [1.54, 1.807) is 9.80 Å². The molecule has 0 saturated carbocycles. The van der Waals surface area contributed by atoms with Crippen molar-refractivity contribution in [1.82, 2.24) is 14.7 Å². The molecular formula is C17H24N4O3. The van der Waals surface area contributed by atoms with Crippen LogP contribution in [0, 0.1) is 0 Å². The Morgan fingerprint density at radius 3 is 2.38 bits per heavy atom. The van der Waals surface area contributed by atoms with Crippen LogP contribution in [0.4, 0.5) is 10.5 Å². The third-order valence-corrected chi connectivity index (χ3v) is 4.63. The highest BCUT2D eigenvalue weighted by molar-refractivity contribution is 5.96. The first-order valence-corrected chi connectivity index (χ1v) is 8.41. The van der Waals surface area contributed by atoms with Crippen LogP contribution in [0.1, 0.15) is 0 Å². The van der Waals surface area contributed by atoms with Gasteiger partial charge in [0.15, 0.2) is 0 Å². The van der Waals surface area contributed by atoms with E-state index in [0.29, 0.717) is 32.7 Å². The van der Waals surface area contributed by atoms with Gasteiger partial charge in [-0.2, -0.15) is 0 Å².